The van der Waals surface area contributed by atoms with Crippen LogP contribution in [0.2, 0.25) is 0 Å². The second-order valence-electron chi connectivity index (χ2n) is 3.17. The number of para-hydroxylation sites is 1. The number of hydrogen-bond donors (Lipinski definition) is 1. The van der Waals surface area contributed by atoms with Crippen molar-refractivity contribution in [2.24, 2.45) is 0 Å². The zero-order valence-electron chi connectivity index (χ0n) is 8.14. The van der Waals surface area contributed by atoms with E-state index >= 15 is 0 Å². The molecule has 0 saturated carbocycles. The van der Waals surface area contributed by atoms with Crippen LogP contribution in [0, 0.1) is 11.6 Å². The molecule has 0 spiro atoms. The minimum atomic E-state index is -0.619. The molecule has 0 aliphatic heterocycles. The summed E-state index contributed by atoms with van der Waals surface area (Å²) in [6.07, 6.45) is 0. The number of nitrogens with one attached hydrogen (secondary N) is 1. The quantitative estimate of drug-likeness (QED) is 0.800. The summed E-state index contributed by atoms with van der Waals surface area (Å²) in [5, 5.41) is 6.32. The van der Waals surface area contributed by atoms with Crippen LogP contribution in [-0.4, -0.2) is 0 Å². The van der Waals surface area contributed by atoms with Crippen molar-refractivity contribution in [3.05, 3.63) is 46.2 Å². The topological polar surface area (TPSA) is 12.0 Å². The van der Waals surface area contributed by atoms with E-state index in [9.17, 15) is 8.78 Å². The lowest BCUT2D eigenvalue weighted by atomic mass is 10.2. The average Bonchev–Trinajstić information content (AvgIpc) is 2.71. The van der Waals surface area contributed by atoms with E-state index in [1.165, 1.54) is 29.5 Å². The summed E-state index contributed by atoms with van der Waals surface area (Å²) in [6.45, 7) is 0. The second-order valence-corrected chi connectivity index (χ2v) is 4.18. The molecule has 1 nitrogen and oxygen atoms in total. The number of rotatable bonds is 3. The maximum atomic E-state index is 13.3. The zero-order chi connectivity index (χ0) is 11.5. The maximum absolute atomic E-state index is 13.3. The number of benzene rings is 1. The van der Waals surface area contributed by atoms with Crippen molar-refractivity contribution in [2.45, 2.75) is 5.88 Å². The molecule has 1 aromatic heterocycles. The largest absolute Gasteiger partial charge is 0.350 e. The van der Waals surface area contributed by atoms with Crippen molar-refractivity contribution in [2.75, 3.05) is 5.32 Å². The van der Waals surface area contributed by atoms with Crippen molar-refractivity contribution in [3.63, 3.8) is 0 Å². The van der Waals surface area contributed by atoms with Gasteiger partial charge in [0.25, 0.3) is 0 Å². The molecule has 0 aliphatic carbocycles. The van der Waals surface area contributed by atoms with Crippen LogP contribution in [-0.2, 0) is 5.88 Å². The lowest BCUT2D eigenvalue weighted by Gasteiger charge is -2.08. The maximum Gasteiger partial charge on any atom is 0.149 e. The molecule has 1 aromatic carbocycles. The van der Waals surface area contributed by atoms with Gasteiger partial charge in [-0.1, -0.05) is 6.07 Å². The summed E-state index contributed by atoms with van der Waals surface area (Å²) in [6, 6.07) is 3.74. The first-order valence-corrected chi connectivity index (χ1v) is 6.02. The summed E-state index contributed by atoms with van der Waals surface area (Å²) >= 11 is 7.13. The Hall–Kier alpha value is -1.13. The first kappa shape index (κ1) is 11.4. The van der Waals surface area contributed by atoms with Crippen molar-refractivity contribution in [1.82, 2.24) is 0 Å². The highest BCUT2D eigenvalue weighted by Crippen LogP contribution is 2.28. The van der Waals surface area contributed by atoms with Crippen LogP contribution in [0.15, 0.2) is 29.0 Å². The van der Waals surface area contributed by atoms with Gasteiger partial charge in [-0.15, -0.1) is 22.9 Å². The monoisotopic (exact) mass is 259 g/mol. The number of alkyl halides is 1. The molecule has 84 valence electrons. The van der Waals surface area contributed by atoms with E-state index in [4.69, 9.17) is 11.6 Å². The molecule has 0 saturated heterocycles. The lowest BCUT2D eigenvalue weighted by Crippen LogP contribution is -1.97. The van der Waals surface area contributed by atoms with Crippen molar-refractivity contribution < 1.29 is 8.78 Å². The first-order chi connectivity index (χ1) is 7.72. The van der Waals surface area contributed by atoms with Crippen LogP contribution >= 0.6 is 22.9 Å². The number of halogens is 3. The summed E-state index contributed by atoms with van der Waals surface area (Å²) in [7, 11) is 0. The third-order valence-corrected chi connectivity index (χ3v) is 3.19. The fourth-order valence-electron chi connectivity index (χ4n) is 1.29. The Morgan fingerprint density at radius 1 is 1.19 bits per heavy atom. The molecule has 0 unspecified atom stereocenters. The van der Waals surface area contributed by atoms with Gasteiger partial charge in [0, 0.05) is 10.9 Å². The summed E-state index contributed by atoms with van der Waals surface area (Å²) in [5.74, 6) is -0.930. The Labute approximate surface area is 101 Å². The fourth-order valence-corrected chi connectivity index (χ4v) is 2.39. The predicted molar refractivity (Wildman–Crippen MR) is 63.5 cm³/mol. The van der Waals surface area contributed by atoms with Crippen molar-refractivity contribution in [1.29, 1.82) is 0 Å². The minimum absolute atomic E-state index is 0.146. The standard InChI is InChI=1S/C11H8ClF2NS/c12-4-7-5-16-6-10(7)15-11-8(13)2-1-3-9(11)14/h1-3,5-6,15H,4H2. The third-order valence-electron chi connectivity index (χ3n) is 2.11. The van der Waals surface area contributed by atoms with E-state index in [1.54, 1.807) is 5.38 Å². The Morgan fingerprint density at radius 2 is 1.88 bits per heavy atom. The second kappa shape index (κ2) is 4.80. The van der Waals surface area contributed by atoms with E-state index in [1.807, 2.05) is 5.38 Å². The van der Waals surface area contributed by atoms with Crippen LogP contribution in [0.3, 0.4) is 0 Å². The van der Waals surface area contributed by atoms with Crippen LogP contribution in [0.5, 0.6) is 0 Å². The van der Waals surface area contributed by atoms with Crippen LogP contribution in [0.1, 0.15) is 5.56 Å². The third kappa shape index (κ3) is 2.18. The number of hydrogen-bond acceptors (Lipinski definition) is 2. The van der Waals surface area contributed by atoms with Gasteiger partial charge in [0.15, 0.2) is 0 Å². The van der Waals surface area contributed by atoms with E-state index in [-0.39, 0.29) is 5.69 Å². The highest BCUT2D eigenvalue weighted by atomic mass is 35.5. The molecule has 1 heterocycles. The van der Waals surface area contributed by atoms with E-state index in [0.717, 1.165) is 5.56 Å². The van der Waals surface area contributed by atoms with Crippen molar-refractivity contribution in [3.8, 4) is 0 Å². The van der Waals surface area contributed by atoms with Gasteiger partial charge in [-0.2, -0.15) is 0 Å². The van der Waals surface area contributed by atoms with Gasteiger partial charge in [0.1, 0.15) is 17.3 Å². The molecular formula is C11H8ClF2NS. The van der Waals surface area contributed by atoms with Gasteiger partial charge in [-0.25, -0.2) is 8.78 Å². The molecule has 0 atom stereocenters. The Morgan fingerprint density at radius 3 is 2.50 bits per heavy atom. The summed E-state index contributed by atoms with van der Waals surface area (Å²) in [5.41, 5.74) is 1.32. The van der Waals surface area contributed by atoms with Crippen molar-refractivity contribution >= 4 is 34.3 Å². The number of anilines is 2. The molecule has 1 N–H and O–H groups in total. The average molecular weight is 260 g/mol. The molecule has 0 bridgehead atoms. The lowest BCUT2D eigenvalue weighted by molar-refractivity contribution is 0.591. The Bertz CT molecular complexity index is 478. The van der Waals surface area contributed by atoms with E-state index < -0.39 is 11.6 Å². The molecule has 0 aliphatic rings. The predicted octanol–water partition coefficient (Wildman–Crippen LogP) is 4.51. The molecule has 0 radical (unpaired) electrons. The van der Waals surface area contributed by atoms with Gasteiger partial charge in [0.2, 0.25) is 0 Å². The van der Waals surface area contributed by atoms with Gasteiger partial charge < -0.3 is 5.32 Å². The van der Waals surface area contributed by atoms with Gasteiger partial charge in [-0.05, 0) is 17.5 Å². The molecule has 0 fully saturated rings. The Kier molecular flexibility index (Phi) is 3.41. The molecule has 5 heteroatoms. The van der Waals surface area contributed by atoms with Crippen LogP contribution < -0.4 is 5.32 Å². The fraction of sp³-hybridized carbons (Fsp3) is 0.0909. The smallest absolute Gasteiger partial charge is 0.149 e. The highest BCUT2D eigenvalue weighted by Gasteiger charge is 2.10. The van der Waals surface area contributed by atoms with Crippen LogP contribution in [0.25, 0.3) is 0 Å². The first-order valence-electron chi connectivity index (χ1n) is 4.54. The Balaban J connectivity index is 2.34. The molecular weight excluding hydrogens is 252 g/mol. The van der Waals surface area contributed by atoms with E-state index in [0.29, 0.717) is 11.6 Å². The zero-order valence-corrected chi connectivity index (χ0v) is 9.71. The molecule has 0 amide bonds. The molecule has 2 aromatic rings. The van der Waals surface area contributed by atoms with Gasteiger partial charge >= 0.3 is 0 Å². The SMILES string of the molecule is Fc1cccc(F)c1Nc1cscc1CCl. The minimum Gasteiger partial charge on any atom is -0.350 e. The van der Waals surface area contributed by atoms with Gasteiger partial charge in [0.05, 0.1) is 11.6 Å². The van der Waals surface area contributed by atoms with Crippen LogP contribution in [0.4, 0.5) is 20.2 Å². The molecule has 16 heavy (non-hydrogen) atoms. The highest BCUT2D eigenvalue weighted by molar-refractivity contribution is 7.08. The molecule has 2 rings (SSSR count). The van der Waals surface area contributed by atoms with Gasteiger partial charge in [-0.3, -0.25) is 0 Å². The number of thiophene rings is 1. The van der Waals surface area contributed by atoms with E-state index in [2.05, 4.69) is 5.32 Å². The normalized spacial score (nSPS) is 10.4. The summed E-state index contributed by atoms with van der Waals surface area (Å²) in [4.78, 5) is 0. The summed E-state index contributed by atoms with van der Waals surface area (Å²) < 4.78 is 26.7.